The minimum absolute atomic E-state index is 0.138. The molecule has 2 heterocycles. The normalized spacial score (nSPS) is 19.4. The Labute approximate surface area is 119 Å². The van der Waals surface area contributed by atoms with E-state index in [0.717, 1.165) is 19.6 Å². The summed E-state index contributed by atoms with van der Waals surface area (Å²) in [6.45, 7) is 4.17. The number of aromatic nitrogens is 1. The van der Waals surface area contributed by atoms with Crippen molar-refractivity contribution in [3.05, 3.63) is 23.6 Å². The first kappa shape index (κ1) is 13.8. The lowest BCUT2D eigenvalue weighted by atomic mass is 10.2. The minimum Gasteiger partial charge on any atom is -0.474 e. The van der Waals surface area contributed by atoms with E-state index in [4.69, 9.17) is 4.74 Å². The molecule has 0 atom stereocenters. The molecule has 1 aliphatic heterocycles. The molecule has 1 saturated carbocycles. The summed E-state index contributed by atoms with van der Waals surface area (Å²) in [4.78, 5) is 6.35. The molecule has 3 rings (SSSR count). The Morgan fingerprint density at radius 2 is 2.15 bits per heavy atom. The predicted molar refractivity (Wildman–Crippen MR) is 75.2 cm³/mol. The van der Waals surface area contributed by atoms with Gasteiger partial charge in [-0.3, -0.25) is 4.90 Å². The van der Waals surface area contributed by atoms with Gasteiger partial charge in [-0.05, 0) is 44.8 Å². The summed E-state index contributed by atoms with van der Waals surface area (Å²) in [7, 11) is 0. The van der Waals surface area contributed by atoms with Gasteiger partial charge in [0.1, 0.15) is 6.61 Å². The lowest BCUT2D eigenvalue weighted by Crippen LogP contribution is -2.25. The lowest BCUT2D eigenvalue weighted by Gasteiger charge is -2.15. The van der Waals surface area contributed by atoms with Crippen LogP contribution in [0.25, 0.3) is 0 Å². The van der Waals surface area contributed by atoms with E-state index in [2.05, 4.69) is 15.2 Å². The van der Waals surface area contributed by atoms with Crippen molar-refractivity contribution in [2.45, 2.75) is 38.3 Å². The molecule has 0 radical (unpaired) electrons. The molecule has 2 fully saturated rings. The highest BCUT2D eigenvalue weighted by atomic mass is 19.1. The number of halogens is 1. The van der Waals surface area contributed by atoms with E-state index in [0.29, 0.717) is 24.8 Å². The summed E-state index contributed by atoms with van der Waals surface area (Å²) in [5.41, 5.74) is 0.642. The number of hydrogen-bond donors (Lipinski definition) is 1. The Bertz CT molecular complexity index is 445. The van der Waals surface area contributed by atoms with Gasteiger partial charge in [-0.25, -0.2) is 9.37 Å². The molecule has 0 bridgehead atoms. The number of pyridine rings is 1. The van der Waals surface area contributed by atoms with Gasteiger partial charge in [0.05, 0.1) is 0 Å². The highest BCUT2D eigenvalue weighted by Crippen LogP contribution is 2.21. The summed E-state index contributed by atoms with van der Waals surface area (Å²) in [5.74, 6) is -0.179. The fourth-order valence-electron chi connectivity index (χ4n) is 2.52. The van der Waals surface area contributed by atoms with Crippen LogP contribution in [0.4, 0.5) is 4.39 Å². The molecule has 20 heavy (non-hydrogen) atoms. The average Bonchev–Trinajstić information content (AvgIpc) is 3.14. The van der Waals surface area contributed by atoms with Crippen LogP contribution in [-0.4, -0.2) is 42.2 Å². The van der Waals surface area contributed by atoms with Crippen molar-refractivity contribution in [3.63, 3.8) is 0 Å². The van der Waals surface area contributed by atoms with Crippen molar-refractivity contribution in [3.8, 4) is 5.88 Å². The van der Waals surface area contributed by atoms with Crippen LogP contribution in [0.2, 0.25) is 0 Å². The number of nitrogens with one attached hydrogen (secondary N) is 1. The second kappa shape index (κ2) is 6.50. The first-order chi connectivity index (χ1) is 9.83. The van der Waals surface area contributed by atoms with E-state index < -0.39 is 0 Å². The molecular formula is C15H22FN3O. The van der Waals surface area contributed by atoms with Crippen LogP contribution in [0.3, 0.4) is 0 Å². The van der Waals surface area contributed by atoms with Crippen molar-refractivity contribution >= 4 is 0 Å². The third-order valence-electron chi connectivity index (χ3n) is 3.94. The Hall–Kier alpha value is -1.20. The van der Waals surface area contributed by atoms with Gasteiger partial charge in [-0.2, -0.15) is 0 Å². The highest BCUT2D eigenvalue weighted by Gasteiger charge is 2.21. The molecule has 1 aromatic rings. The molecule has 0 unspecified atom stereocenters. The lowest BCUT2D eigenvalue weighted by molar-refractivity contribution is 0.224. The molecule has 110 valence electrons. The first-order valence-electron chi connectivity index (χ1n) is 7.55. The molecule has 1 aromatic heterocycles. The Morgan fingerprint density at radius 3 is 2.90 bits per heavy atom. The summed E-state index contributed by atoms with van der Waals surface area (Å²) < 4.78 is 19.7. The van der Waals surface area contributed by atoms with Gasteiger partial charge in [0.15, 0.2) is 5.82 Å². The maximum Gasteiger partial charge on any atom is 0.250 e. The van der Waals surface area contributed by atoms with E-state index >= 15 is 0 Å². The second-order valence-corrected chi connectivity index (χ2v) is 5.64. The van der Waals surface area contributed by atoms with E-state index in [1.165, 1.54) is 25.7 Å². The number of ether oxygens (including phenoxy) is 1. The summed E-state index contributed by atoms with van der Waals surface area (Å²) >= 11 is 0. The number of likely N-dealkylation sites (tertiary alicyclic amines) is 1. The van der Waals surface area contributed by atoms with Crippen LogP contribution in [0.5, 0.6) is 5.88 Å². The fraction of sp³-hybridized carbons (Fsp3) is 0.667. The third kappa shape index (κ3) is 3.67. The SMILES string of the molecule is Fc1c(CNC2CC2)ccnc1OCCN1CCCC1. The van der Waals surface area contributed by atoms with Gasteiger partial charge < -0.3 is 10.1 Å². The standard InChI is InChI=1S/C15H22FN3O/c16-14-12(11-18-13-3-4-13)5-6-17-15(14)20-10-9-19-7-1-2-8-19/h5-6,13,18H,1-4,7-11H2. The van der Waals surface area contributed by atoms with Gasteiger partial charge >= 0.3 is 0 Å². The molecular weight excluding hydrogens is 257 g/mol. The Kier molecular flexibility index (Phi) is 4.47. The van der Waals surface area contributed by atoms with Crippen molar-refractivity contribution in [2.24, 2.45) is 0 Å². The van der Waals surface area contributed by atoms with Crippen LogP contribution in [0.15, 0.2) is 12.3 Å². The van der Waals surface area contributed by atoms with Crippen molar-refractivity contribution < 1.29 is 9.13 Å². The number of rotatable bonds is 7. The number of nitrogens with zero attached hydrogens (tertiary/aromatic N) is 2. The smallest absolute Gasteiger partial charge is 0.250 e. The molecule has 0 amide bonds. The maximum absolute atomic E-state index is 14.2. The summed E-state index contributed by atoms with van der Waals surface area (Å²) in [6.07, 6.45) is 6.54. The maximum atomic E-state index is 14.2. The second-order valence-electron chi connectivity index (χ2n) is 5.64. The first-order valence-corrected chi connectivity index (χ1v) is 7.55. The van der Waals surface area contributed by atoms with E-state index in [9.17, 15) is 4.39 Å². The highest BCUT2D eigenvalue weighted by molar-refractivity contribution is 5.23. The molecule has 4 nitrogen and oxygen atoms in total. The fourth-order valence-corrected chi connectivity index (χ4v) is 2.52. The van der Waals surface area contributed by atoms with E-state index in [-0.39, 0.29) is 11.7 Å². The minimum atomic E-state index is -0.318. The molecule has 2 aliphatic rings. The monoisotopic (exact) mass is 279 g/mol. The van der Waals surface area contributed by atoms with E-state index in [1.807, 2.05) is 0 Å². The van der Waals surface area contributed by atoms with Gasteiger partial charge in [0.25, 0.3) is 5.88 Å². The molecule has 0 spiro atoms. The zero-order chi connectivity index (χ0) is 13.8. The number of hydrogen-bond acceptors (Lipinski definition) is 4. The van der Waals surface area contributed by atoms with Crippen LogP contribution < -0.4 is 10.1 Å². The zero-order valence-corrected chi connectivity index (χ0v) is 11.8. The van der Waals surface area contributed by atoms with Crippen LogP contribution in [0.1, 0.15) is 31.2 Å². The summed E-state index contributed by atoms with van der Waals surface area (Å²) in [5, 5.41) is 3.31. The van der Waals surface area contributed by atoms with Crippen molar-refractivity contribution in [2.75, 3.05) is 26.2 Å². The molecule has 1 N–H and O–H groups in total. The van der Waals surface area contributed by atoms with Crippen LogP contribution >= 0.6 is 0 Å². The Balaban J connectivity index is 1.50. The molecule has 5 heteroatoms. The van der Waals surface area contributed by atoms with Crippen LogP contribution in [-0.2, 0) is 6.54 Å². The van der Waals surface area contributed by atoms with Crippen LogP contribution in [0, 0.1) is 5.82 Å². The average molecular weight is 279 g/mol. The quantitative estimate of drug-likeness (QED) is 0.828. The van der Waals surface area contributed by atoms with Gasteiger partial charge in [-0.1, -0.05) is 0 Å². The van der Waals surface area contributed by atoms with Gasteiger partial charge in [0.2, 0.25) is 0 Å². The summed E-state index contributed by atoms with van der Waals surface area (Å²) in [6, 6.07) is 2.29. The Morgan fingerprint density at radius 1 is 1.35 bits per heavy atom. The van der Waals surface area contributed by atoms with Gasteiger partial charge in [0, 0.05) is 30.9 Å². The van der Waals surface area contributed by atoms with E-state index in [1.54, 1.807) is 12.3 Å². The largest absolute Gasteiger partial charge is 0.474 e. The third-order valence-corrected chi connectivity index (χ3v) is 3.94. The molecule has 1 saturated heterocycles. The zero-order valence-electron chi connectivity index (χ0n) is 11.8. The molecule has 1 aliphatic carbocycles. The van der Waals surface area contributed by atoms with Crippen molar-refractivity contribution in [1.82, 2.24) is 15.2 Å². The van der Waals surface area contributed by atoms with Crippen molar-refractivity contribution in [1.29, 1.82) is 0 Å². The predicted octanol–water partition coefficient (Wildman–Crippen LogP) is 1.95. The topological polar surface area (TPSA) is 37.4 Å². The van der Waals surface area contributed by atoms with Gasteiger partial charge in [-0.15, -0.1) is 0 Å². The molecule has 0 aromatic carbocycles.